The van der Waals surface area contributed by atoms with Crippen LogP contribution in [0.15, 0.2) is 78.9 Å². The molecule has 0 radical (unpaired) electrons. The zero-order valence-electron chi connectivity index (χ0n) is 13.3. The van der Waals surface area contributed by atoms with Crippen molar-refractivity contribution in [3.63, 3.8) is 0 Å². The highest BCUT2D eigenvalue weighted by atomic mass is 16.1. The molecule has 1 nitrogen and oxygen atoms in total. The van der Waals surface area contributed by atoms with E-state index in [1.165, 1.54) is 5.56 Å². The van der Waals surface area contributed by atoms with Crippen LogP contribution in [0.2, 0.25) is 0 Å². The van der Waals surface area contributed by atoms with Crippen molar-refractivity contribution in [1.82, 2.24) is 0 Å². The van der Waals surface area contributed by atoms with Crippen molar-refractivity contribution in [2.75, 3.05) is 0 Å². The van der Waals surface area contributed by atoms with Gasteiger partial charge in [-0.25, -0.2) is 0 Å². The van der Waals surface area contributed by atoms with Gasteiger partial charge in [0.25, 0.3) is 0 Å². The molecular weight excluding hydrogens is 280 g/mol. The summed E-state index contributed by atoms with van der Waals surface area (Å²) in [6.45, 7) is 2.17. The Morgan fingerprint density at radius 3 is 2.09 bits per heavy atom. The van der Waals surface area contributed by atoms with E-state index in [9.17, 15) is 4.79 Å². The summed E-state index contributed by atoms with van der Waals surface area (Å²) in [5.74, 6) is 0.0856. The molecule has 0 amide bonds. The monoisotopic (exact) mass is 300 g/mol. The molecule has 0 heterocycles. The van der Waals surface area contributed by atoms with Gasteiger partial charge in [-0.2, -0.15) is 0 Å². The predicted octanol–water partition coefficient (Wildman–Crippen LogP) is 5.54. The Morgan fingerprint density at radius 2 is 1.43 bits per heavy atom. The molecule has 0 atom stereocenters. The first-order valence-corrected chi connectivity index (χ1v) is 8.08. The number of hydrogen-bond acceptors (Lipinski definition) is 1. The highest BCUT2D eigenvalue weighted by Crippen LogP contribution is 2.30. The Balaban J connectivity index is 2.17. The quantitative estimate of drug-likeness (QED) is 0.566. The van der Waals surface area contributed by atoms with Gasteiger partial charge in [0.05, 0.1) is 0 Å². The van der Waals surface area contributed by atoms with Gasteiger partial charge >= 0.3 is 0 Å². The fourth-order valence-corrected chi connectivity index (χ4v) is 2.96. The molecule has 3 aromatic carbocycles. The first-order chi connectivity index (χ1) is 11.3. The van der Waals surface area contributed by atoms with E-state index in [-0.39, 0.29) is 5.78 Å². The standard InChI is InChI=1S/C22H20O/c1-2-10-17-15-9-16-20(21(17)18-11-5-3-6-12-18)22(23)19-13-7-4-8-14-19/h3-9,11-16H,2,10H2,1H3. The van der Waals surface area contributed by atoms with Crippen LogP contribution in [0.1, 0.15) is 34.8 Å². The fourth-order valence-electron chi connectivity index (χ4n) is 2.96. The summed E-state index contributed by atoms with van der Waals surface area (Å²) in [5.41, 5.74) is 4.94. The lowest BCUT2D eigenvalue weighted by molar-refractivity contribution is 0.103. The minimum Gasteiger partial charge on any atom is -0.289 e. The van der Waals surface area contributed by atoms with Crippen LogP contribution < -0.4 is 0 Å². The third-order valence-corrected chi connectivity index (χ3v) is 4.01. The van der Waals surface area contributed by atoms with Gasteiger partial charge in [0.1, 0.15) is 0 Å². The molecule has 114 valence electrons. The number of carbonyl (C=O) groups is 1. The summed E-state index contributed by atoms with van der Waals surface area (Å²) in [4.78, 5) is 13.0. The van der Waals surface area contributed by atoms with Crippen molar-refractivity contribution in [1.29, 1.82) is 0 Å². The molecule has 0 unspecified atom stereocenters. The number of benzene rings is 3. The summed E-state index contributed by atoms with van der Waals surface area (Å²) >= 11 is 0. The third-order valence-electron chi connectivity index (χ3n) is 4.01. The molecule has 3 rings (SSSR count). The number of hydrogen-bond donors (Lipinski definition) is 0. The van der Waals surface area contributed by atoms with Crippen molar-refractivity contribution < 1.29 is 4.79 Å². The second-order valence-corrected chi connectivity index (χ2v) is 5.65. The maximum atomic E-state index is 13.0. The van der Waals surface area contributed by atoms with Crippen LogP contribution in [-0.2, 0) is 6.42 Å². The van der Waals surface area contributed by atoms with Crippen molar-refractivity contribution in [3.05, 3.63) is 95.6 Å². The van der Waals surface area contributed by atoms with Crippen LogP contribution in [0.25, 0.3) is 11.1 Å². The van der Waals surface area contributed by atoms with E-state index in [1.54, 1.807) is 0 Å². The lowest BCUT2D eigenvalue weighted by Crippen LogP contribution is -2.05. The zero-order valence-corrected chi connectivity index (χ0v) is 13.3. The Labute approximate surface area is 137 Å². The van der Waals surface area contributed by atoms with Crippen LogP contribution in [0, 0.1) is 0 Å². The van der Waals surface area contributed by atoms with Crippen LogP contribution in [0.5, 0.6) is 0 Å². The Kier molecular flexibility index (Phi) is 4.68. The van der Waals surface area contributed by atoms with E-state index in [0.717, 1.165) is 35.1 Å². The van der Waals surface area contributed by atoms with Gasteiger partial charge in [0.15, 0.2) is 5.78 Å². The number of carbonyl (C=O) groups excluding carboxylic acids is 1. The Hall–Kier alpha value is -2.67. The lowest BCUT2D eigenvalue weighted by atomic mass is 9.88. The summed E-state index contributed by atoms with van der Waals surface area (Å²) < 4.78 is 0. The molecule has 0 saturated heterocycles. The predicted molar refractivity (Wildman–Crippen MR) is 95.7 cm³/mol. The Bertz CT molecular complexity index is 789. The van der Waals surface area contributed by atoms with Gasteiger partial charge in [-0.05, 0) is 23.1 Å². The number of aryl methyl sites for hydroxylation is 1. The SMILES string of the molecule is CCCc1cccc(C(=O)c2ccccc2)c1-c1ccccc1. The first kappa shape index (κ1) is 15.2. The maximum absolute atomic E-state index is 13.0. The molecule has 0 aliphatic rings. The van der Waals surface area contributed by atoms with Crippen molar-refractivity contribution >= 4 is 5.78 Å². The second-order valence-electron chi connectivity index (χ2n) is 5.65. The van der Waals surface area contributed by atoms with Crippen LogP contribution >= 0.6 is 0 Å². The average Bonchev–Trinajstić information content (AvgIpc) is 2.63. The lowest BCUT2D eigenvalue weighted by Gasteiger charge is -2.14. The molecule has 0 fully saturated rings. The largest absolute Gasteiger partial charge is 0.289 e. The molecule has 0 saturated carbocycles. The van der Waals surface area contributed by atoms with Gasteiger partial charge in [0.2, 0.25) is 0 Å². The van der Waals surface area contributed by atoms with E-state index in [1.807, 2.05) is 60.7 Å². The van der Waals surface area contributed by atoms with E-state index < -0.39 is 0 Å². The summed E-state index contributed by atoms with van der Waals surface area (Å²) in [7, 11) is 0. The molecule has 0 aliphatic carbocycles. The molecule has 0 aromatic heterocycles. The third kappa shape index (κ3) is 3.24. The van der Waals surface area contributed by atoms with Crippen LogP contribution in [0.4, 0.5) is 0 Å². The summed E-state index contributed by atoms with van der Waals surface area (Å²) in [6, 6.07) is 25.8. The second kappa shape index (κ2) is 7.06. The Morgan fingerprint density at radius 1 is 0.783 bits per heavy atom. The molecule has 23 heavy (non-hydrogen) atoms. The van der Waals surface area contributed by atoms with E-state index >= 15 is 0 Å². The van der Waals surface area contributed by atoms with Gasteiger partial charge < -0.3 is 0 Å². The molecule has 0 bridgehead atoms. The zero-order chi connectivity index (χ0) is 16.1. The normalized spacial score (nSPS) is 10.5. The molecule has 3 aromatic rings. The van der Waals surface area contributed by atoms with Gasteiger partial charge in [-0.1, -0.05) is 92.2 Å². The topological polar surface area (TPSA) is 17.1 Å². The molecule has 0 aliphatic heterocycles. The number of rotatable bonds is 5. The van der Waals surface area contributed by atoms with E-state index in [4.69, 9.17) is 0 Å². The minimum atomic E-state index is 0.0856. The van der Waals surface area contributed by atoms with Gasteiger partial charge in [-0.15, -0.1) is 0 Å². The maximum Gasteiger partial charge on any atom is 0.193 e. The van der Waals surface area contributed by atoms with Crippen molar-refractivity contribution in [2.45, 2.75) is 19.8 Å². The van der Waals surface area contributed by atoms with Gasteiger partial charge in [0, 0.05) is 11.1 Å². The van der Waals surface area contributed by atoms with Crippen molar-refractivity contribution in [2.24, 2.45) is 0 Å². The number of ketones is 1. The minimum absolute atomic E-state index is 0.0856. The average molecular weight is 300 g/mol. The molecule has 0 N–H and O–H groups in total. The molecule has 1 heteroatoms. The van der Waals surface area contributed by atoms with Crippen LogP contribution in [0.3, 0.4) is 0 Å². The van der Waals surface area contributed by atoms with E-state index in [0.29, 0.717) is 0 Å². The summed E-state index contributed by atoms with van der Waals surface area (Å²) in [5, 5.41) is 0. The van der Waals surface area contributed by atoms with Crippen molar-refractivity contribution in [3.8, 4) is 11.1 Å². The molecular formula is C22H20O. The molecule has 0 spiro atoms. The van der Waals surface area contributed by atoms with Crippen LogP contribution in [-0.4, -0.2) is 5.78 Å². The van der Waals surface area contributed by atoms with Gasteiger partial charge in [-0.3, -0.25) is 4.79 Å². The highest BCUT2D eigenvalue weighted by Gasteiger charge is 2.17. The first-order valence-electron chi connectivity index (χ1n) is 8.08. The fraction of sp³-hybridized carbons (Fsp3) is 0.136. The summed E-state index contributed by atoms with van der Waals surface area (Å²) in [6.07, 6.45) is 2.03. The highest BCUT2D eigenvalue weighted by molar-refractivity contribution is 6.13. The van der Waals surface area contributed by atoms with E-state index in [2.05, 4.69) is 25.1 Å². The smallest absolute Gasteiger partial charge is 0.193 e.